The number of nitrogens with zero attached hydrogens (tertiary/aromatic N) is 1. The lowest BCUT2D eigenvalue weighted by molar-refractivity contribution is 1.31. The molecule has 2 N–H and O–H groups in total. The average Bonchev–Trinajstić information content (AvgIpc) is 3.17. The Kier molecular flexibility index (Phi) is 2.42. The number of para-hydroxylation sites is 1. The van der Waals surface area contributed by atoms with Gasteiger partial charge in [0.05, 0.1) is 0 Å². The maximum Gasteiger partial charge on any atom is 0.0469 e. The summed E-state index contributed by atoms with van der Waals surface area (Å²) in [4.78, 5) is 10.9. The number of rotatable bonds is 2. The summed E-state index contributed by atoms with van der Waals surface area (Å²) >= 11 is 0. The highest BCUT2D eigenvalue weighted by atomic mass is 14.7. The Morgan fingerprint density at radius 1 is 0.850 bits per heavy atom. The van der Waals surface area contributed by atoms with E-state index >= 15 is 0 Å². The van der Waals surface area contributed by atoms with Crippen LogP contribution in [0.1, 0.15) is 0 Å². The molecule has 3 nitrogen and oxygen atoms in total. The van der Waals surface area contributed by atoms with Gasteiger partial charge in [-0.3, -0.25) is 4.98 Å². The highest BCUT2D eigenvalue weighted by Crippen LogP contribution is 2.30. The van der Waals surface area contributed by atoms with Crippen molar-refractivity contribution in [2.24, 2.45) is 0 Å². The van der Waals surface area contributed by atoms with Gasteiger partial charge in [-0.25, -0.2) is 0 Å². The molecule has 1 aromatic carbocycles. The number of pyridine rings is 1. The lowest BCUT2D eigenvalue weighted by Gasteiger charge is -2.03. The van der Waals surface area contributed by atoms with E-state index in [0.29, 0.717) is 0 Å². The van der Waals surface area contributed by atoms with Crippen LogP contribution in [0.25, 0.3) is 33.3 Å². The summed E-state index contributed by atoms with van der Waals surface area (Å²) in [6.45, 7) is 0. The van der Waals surface area contributed by atoms with Crippen molar-refractivity contribution in [3.05, 3.63) is 67.3 Å². The minimum absolute atomic E-state index is 1.08. The maximum atomic E-state index is 4.37. The number of nitrogens with one attached hydrogen (secondary N) is 2. The molecule has 96 valence electrons. The molecule has 3 aromatic heterocycles. The monoisotopic (exact) mass is 259 g/mol. The quantitative estimate of drug-likeness (QED) is 0.556. The van der Waals surface area contributed by atoms with Gasteiger partial charge in [0.1, 0.15) is 0 Å². The van der Waals surface area contributed by atoms with E-state index in [0.717, 1.165) is 22.3 Å². The largest absolute Gasteiger partial charge is 0.361 e. The zero-order valence-electron chi connectivity index (χ0n) is 10.8. The fourth-order valence-corrected chi connectivity index (χ4v) is 2.55. The first-order valence-corrected chi connectivity index (χ1v) is 6.57. The summed E-state index contributed by atoms with van der Waals surface area (Å²) in [5.41, 5.74) is 5.63. The van der Waals surface area contributed by atoms with Crippen molar-refractivity contribution in [2.75, 3.05) is 0 Å². The molecule has 0 fully saturated rings. The molecule has 20 heavy (non-hydrogen) atoms. The van der Waals surface area contributed by atoms with Gasteiger partial charge in [-0.05, 0) is 24.3 Å². The molecule has 0 bridgehead atoms. The topological polar surface area (TPSA) is 44.5 Å². The number of aromatic nitrogens is 3. The second-order valence-corrected chi connectivity index (χ2v) is 4.79. The minimum atomic E-state index is 1.08. The first kappa shape index (κ1) is 11.1. The van der Waals surface area contributed by atoms with Crippen molar-refractivity contribution in [2.45, 2.75) is 0 Å². The summed E-state index contributed by atoms with van der Waals surface area (Å²) < 4.78 is 0. The Morgan fingerprint density at radius 2 is 1.75 bits per heavy atom. The molecular weight excluding hydrogens is 246 g/mol. The molecule has 0 aliphatic heterocycles. The zero-order valence-corrected chi connectivity index (χ0v) is 10.8. The van der Waals surface area contributed by atoms with E-state index in [-0.39, 0.29) is 0 Å². The Balaban J connectivity index is 1.88. The van der Waals surface area contributed by atoms with E-state index in [1.165, 1.54) is 10.9 Å². The Morgan fingerprint density at radius 3 is 2.65 bits per heavy atom. The maximum absolute atomic E-state index is 4.37. The van der Waals surface area contributed by atoms with Crippen LogP contribution < -0.4 is 0 Å². The molecule has 0 atom stereocenters. The summed E-state index contributed by atoms with van der Waals surface area (Å²) in [6.07, 6.45) is 7.75. The van der Waals surface area contributed by atoms with Crippen molar-refractivity contribution in [1.29, 1.82) is 0 Å². The molecule has 0 saturated carbocycles. The van der Waals surface area contributed by atoms with Crippen LogP contribution >= 0.6 is 0 Å². The Bertz CT molecular complexity index is 857. The second kappa shape index (κ2) is 4.38. The number of aromatic amines is 2. The minimum Gasteiger partial charge on any atom is -0.361 e. The molecule has 0 spiro atoms. The molecule has 4 rings (SSSR count). The van der Waals surface area contributed by atoms with Crippen molar-refractivity contribution >= 4 is 10.9 Å². The van der Waals surface area contributed by atoms with E-state index < -0.39 is 0 Å². The van der Waals surface area contributed by atoms with Gasteiger partial charge in [-0.15, -0.1) is 0 Å². The predicted molar refractivity (Wildman–Crippen MR) is 81.3 cm³/mol. The van der Waals surface area contributed by atoms with Crippen LogP contribution in [-0.2, 0) is 0 Å². The number of fused-ring (bicyclic) bond motifs is 1. The summed E-state index contributed by atoms with van der Waals surface area (Å²) in [6, 6.07) is 14.5. The van der Waals surface area contributed by atoms with Crippen molar-refractivity contribution < 1.29 is 0 Å². The van der Waals surface area contributed by atoms with E-state index in [9.17, 15) is 0 Å². The molecule has 3 heterocycles. The van der Waals surface area contributed by atoms with Gasteiger partial charge < -0.3 is 9.97 Å². The lowest BCUT2D eigenvalue weighted by Crippen LogP contribution is -1.83. The van der Waals surface area contributed by atoms with Crippen LogP contribution in [0, 0.1) is 0 Å². The third-order valence-corrected chi connectivity index (χ3v) is 3.55. The number of benzene rings is 1. The smallest absolute Gasteiger partial charge is 0.0469 e. The van der Waals surface area contributed by atoms with Crippen LogP contribution in [0.3, 0.4) is 0 Å². The van der Waals surface area contributed by atoms with Gasteiger partial charge in [-0.2, -0.15) is 0 Å². The lowest BCUT2D eigenvalue weighted by atomic mass is 10.0. The highest BCUT2D eigenvalue weighted by Gasteiger charge is 2.07. The Labute approximate surface area is 116 Å². The fourth-order valence-electron chi connectivity index (χ4n) is 2.55. The molecule has 4 aromatic rings. The molecular formula is C17H13N3. The molecule has 3 heteroatoms. The van der Waals surface area contributed by atoms with E-state index in [2.05, 4.69) is 45.3 Å². The van der Waals surface area contributed by atoms with Gasteiger partial charge in [0, 0.05) is 58.1 Å². The van der Waals surface area contributed by atoms with Gasteiger partial charge in [0.2, 0.25) is 0 Å². The van der Waals surface area contributed by atoms with Crippen molar-refractivity contribution in [3.8, 4) is 22.4 Å². The third-order valence-electron chi connectivity index (χ3n) is 3.55. The molecule has 0 unspecified atom stereocenters. The SMILES string of the molecule is c1c[nH]c(-c2cncc(-c3c[nH]c4ccccc34)c2)c1. The van der Waals surface area contributed by atoms with Gasteiger partial charge in [-0.1, -0.05) is 18.2 Å². The zero-order chi connectivity index (χ0) is 13.4. The van der Waals surface area contributed by atoms with Crippen LogP contribution in [0.15, 0.2) is 67.3 Å². The number of hydrogen-bond acceptors (Lipinski definition) is 1. The third kappa shape index (κ3) is 1.72. The van der Waals surface area contributed by atoms with Crippen molar-refractivity contribution in [3.63, 3.8) is 0 Å². The fraction of sp³-hybridized carbons (Fsp3) is 0. The van der Waals surface area contributed by atoms with E-state index in [4.69, 9.17) is 0 Å². The van der Waals surface area contributed by atoms with Gasteiger partial charge in [0.15, 0.2) is 0 Å². The molecule has 0 radical (unpaired) electrons. The summed E-state index contributed by atoms with van der Waals surface area (Å²) in [7, 11) is 0. The van der Waals surface area contributed by atoms with E-state index in [1.54, 1.807) is 0 Å². The molecule has 0 aliphatic rings. The predicted octanol–water partition coefficient (Wildman–Crippen LogP) is 4.23. The van der Waals surface area contributed by atoms with Crippen molar-refractivity contribution in [1.82, 2.24) is 15.0 Å². The summed E-state index contributed by atoms with van der Waals surface area (Å²) in [5.74, 6) is 0. The molecule has 0 amide bonds. The van der Waals surface area contributed by atoms with Crippen LogP contribution in [0.2, 0.25) is 0 Å². The van der Waals surface area contributed by atoms with Gasteiger partial charge >= 0.3 is 0 Å². The molecule has 0 saturated heterocycles. The standard InChI is InChI=1S/C17H13N3/c1-2-5-17-14(4-1)15(11-20-17)12-8-13(10-18-9-12)16-6-3-7-19-16/h1-11,19-20H. The first-order chi connectivity index (χ1) is 9.92. The average molecular weight is 259 g/mol. The second-order valence-electron chi connectivity index (χ2n) is 4.79. The van der Waals surface area contributed by atoms with Crippen LogP contribution in [-0.4, -0.2) is 15.0 Å². The Hall–Kier alpha value is -2.81. The van der Waals surface area contributed by atoms with E-state index in [1.807, 2.05) is 36.9 Å². The number of H-pyrrole nitrogens is 2. The first-order valence-electron chi connectivity index (χ1n) is 6.57. The summed E-state index contributed by atoms with van der Waals surface area (Å²) in [5, 5.41) is 1.22. The molecule has 0 aliphatic carbocycles. The van der Waals surface area contributed by atoms with Crippen LogP contribution in [0.4, 0.5) is 0 Å². The highest BCUT2D eigenvalue weighted by molar-refractivity contribution is 5.95. The van der Waals surface area contributed by atoms with Gasteiger partial charge in [0.25, 0.3) is 0 Å². The normalized spacial score (nSPS) is 11.0. The van der Waals surface area contributed by atoms with Crippen LogP contribution in [0.5, 0.6) is 0 Å². The number of hydrogen-bond donors (Lipinski definition) is 2.